The SMILES string of the molecule is C=Cc1c(O)ccc2c1O2.C=O. The fourth-order valence-electron chi connectivity index (χ4n) is 0.940. The van der Waals surface area contributed by atoms with E-state index < -0.39 is 0 Å². The normalized spacial score (nSPS) is 10.0. The van der Waals surface area contributed by atoms with Crippen LogP contribution >= 0.6 is 0 Å². The van der Waals surface area contributed by atoms with Crippen LogP contribution in [0.15, 0.2) is 18.7 Å². The molecule has 0 radical (unpaired) electrons. The first-order valence-electron chi connectivity index (χ1n) is 3.28. The number of benzene rings is 1. The molecule has 1 aliphatic heterocycles. The number of carbonyl (C=O) groups excluding carboxylic acids is 1. The number of phenols is 1. The van der Waals surface area contributed by atoms with Gasteiger partial charge in [0.2, 0.25) is 0 Å². The van der Waals surface area contributed by atoms with Crippen molar-refractivity contribution >= 4 is 12.9 Å². The first-order chi connectivity index (χ1) is 5.83. The average molecular weight is 164 g/mol. The van der Waals surface area contributed by atoms with Gasteiger partial charge in [-0.1, -0.05) is 12.7 Å². The monoisotopic (exact) mass is 164 g/mol. The van der Waals surface area contributed by atoms with E-state index in [1.807, 2.05) is 6.79 Å². The highest BCUT2D eigenvalue weighted by Crippen LogP contribution is 2.51. The molecular weight excluding hydrogens is 156 g/mol. The summed E-state index contributed by atoms with van der Waals surface area (Å²) in [5.41, 5.74) is 0.692. The molecule has 62 valence electrons. The van der Waals surface area contributed by atoms with Crippen LogP contribution in [0.4, 0.5) is 0 Å². The van der Waals surface area contributed by atoms with E-state index in [2.05, 4.69) is 6.58 Å². The third-order valence-electron chi connectivity index (χ3n) is 1.51. The minimum Gasteiger partial charge on any atom is -0.507 e. The molecule has 0 fully saturated rings. The lowest BCUT2D eigenvalue weighted by Gasteiger charge is -1.90. The topological polar surface area (TPSA) is 49.8 Å². The van der Waals surface area contributed by atoms with E-state index in [9.17, 15) is 5.11 Å². The zero-order valence-corrected chi connectivity index (χ0v) is 6.41. The molecule has 1 aliphatic rings. The summed E-state index contributed by atoms with van der Waals surface area (Å²) >= 11 is 0. The molecule has 3 heteroatoms. The number of hydrogen-bond donors (Lipinski definition) is 1. The largest absolute Gasteiger partial charge is 0.507 e. The summed E-state index contributed by atoms with van der Waals surface area (Å²) in [6.07, 6.45) is 1.58. The van der Waals surface area contributed by atoms with Crippen LogP contribution in [0.2, 0.25) is 0 Å². The molecule has 2 rings (SSSR count). The third kappa shape index (κ3) is 1.16. The Morgan fingerprint density at radius 2 is 2.08 bits per heavy atom. The van der Waals surface area contributed by atoms with Crippen molar-refractivity contribution < 1.29 is 14.6 Å². The second-order valence-electron chi connectivity index (χ2n) is 2.13. The lowest BCUT2D eigenvalue weighted by atomic mass is 10.2. The fourth-order valence-corrected chi connectivity index (χ4v) is 0.940. The summed E-state index contributed by atoms with van der Waals surface area (Å²) in [6, 6.07) is 3.33. The van der Waals surface area contributed by atoms with Gasteiger partial charge in [-0.15, -0.1) is 0 Å². The number of phenolic OH excluding ortho intramolecular Hbond substituents is 1. The molecule has 0 bridgehead atoms. The van der Waals surface area contributed by atoms with Crippen LogP contribution in [-0.2, 0) is 4.79 Å². The summed E-state index contributed by atoms with van der Waals surface area (Å²) in [6.45, 7) is 5.55. The number of hydrogen-bond acceptors (Lipinski definition) is 3. The smallest absolute Gasteiger partial charge is 0.181 e. The highest BCUT2D eigenvalue weighted by molar-refractivity contribution is 5.73. The van der Waals surface area contributed by atoms with E-state index in [-0.39, 0.29) is 5.75 Å². The number of ether oxygens (including phenoxy) is 1. The molecule has 1 aromatic carbocycles. The van der Waals surface area contributed by atoms with Crippen LogP contribution in [0, 0.1) is 0 Å². The molecule has 3 nitrogen and oxygen atoms in total. The van der Waals surface area contributed by atoms with Gasteiger partial charge in [0.15, 0.2) is 11.5 Å². The maximum atomic E-state index is 9.17. The van der Waals surface area contributed by atoms with Crippen molar-refractivity contribution in [1.82, 2.24) is 0 Å². The van der Waals surface area contributed by atoms with Crippen molar-refractivity contribution in [3.05, 3.63) is 24.3 Å². The molecule has 0 saturated carbocycles. The van der Waals surface area contributed by atoms with Gasteiger partial charge in [-0.2, -0.15) is 0 Å². The Morgan fingerprint density at radius 3 is 2.58 bits per heavy atom. The van der Waals surface area contributed by atoms with Crippen LogP contribution in [0.1, 0.15) is 5.56 Å². The Kier molecular flexibility index (Phi) is 2.14. The predicted molar refractivity (Wildman–Crippen MR) is 45.4 cm³/mol. The van der Waals surface area contributed by atoms with Gasteiger partial charge in [0.1, 0.15) is 12.5 Å². The fraction of sp³-hybridized carbons (Fsp3) is 0. The van der Waals surface area contributed by atoms with Crippen molar-refractivity contribution in [2.45, 2.75) is 0 Å². The van der Waals surface area contributed by atoms with Gasteiger partial charge in [0.05, 0.1) is 5.56 Å². The number of rotatable bonds is 1. The number of carbonyl (C=O) groups is 1. The van der Waals surface area contributed by atoms with Gasteiger partial charge in [0, 0.05) is 0 Å². The minimum atomic E-state index is 0.228. The van der Waals surface area contributed by atoms with E-state index in [0.29, 0.717) is 5.56 Å². The van der Waals surface area contributed by atoms with E-state index in [4.69, 9.17) is 9.53 Å². The average Bonchev–Trinajstić information content (AvgIpc) is 2.87. The molecule has 0 saturated heterocycles. The van der Waals surface area contributed by atoms with Gasteiger partial charge < -0.3 is 14.6 Å². The maximum Gasteiger partial charge on any atom is 0.181 e. The van der Waals surface area contributed by atoms with Crippen molar-refractivity contribution in [2.24, 2.45) is 0 Å². The Bertz CT molecular complexity index is 314. The molecule has 1 N–H and O–H groups in total. The Morgan fingerprint density at radius 1 is 1.42 bits per heavy atom. The highest BCUT2D eigenvalue weighted by Gasteiger charge is 2.24. The molecule has 1 aromatic rings. The van der Waals surface area contributed by atoms with Crippen LogP contribution in [0.3, 0.4) is 0 Å². The standard InChI is InChI=1S/C8H6O2.CH2O/c1-2-5-6(9)3-4-7-8(5)10-7;1-2/h2-4,9H,1H2;1H2. The summed E-state index contributed by atoms with van der Waals surface area (Å²) < 4.78 is 5.01. The summed E-state index contributed by atoms with van der Waals surface area (Å²) in [5.74, 6) is 1.83. The second kappa shape index (κ2) is 3.09. The van der Waals surface area contributed by atoms with Crippen LogP contribution in [-0.4, -0.2) is 11.9 Å². The molecule has 0 aromatic heterocycles. The van der Waals surface area contributed by atoms with Crippen LogP contribution < -0.4 is 4.74 Å². The quantitative estimate of drug-likeness (QED) is 0.655. The number of fused-ring (bicyclic) bond motifs is 1. The molecule has 1 heterocycles. The van der Waals surface area contributed by atoms with Crippen molar-refractivity contribution in [3.63, 3.8) is 0 Å². The minimum absolute atomic E-state index is 0.228. The van der Waals surface area contributed by atoms with Crippen molar-refractivity contribution in [3.8, 4) is 17.2 Å². The van der Waals surface area contributed by atoms with Crippen LogP contribution in [0.5, 0.6) is 17.2 Å². The van der Waals surface area contributed by atoms with Gasteiger partial charge >= 0.3 is 0 Å². The van der Waals surface area contributed by atoms with Gasteiger partial charge in [-0.25, -0.2) is 0 Å². The third-order valence-corrected chi connectivity index (χ3v) is 1.51. The lowest BCUT2D eigenvalue weighted by Crippen LogP contribution is -1.65. The first-order valence-corrected chi connectivity index (χ1v) is 3.28. The Hall–Kier alpha value is -1.77. The first kappa shape index (κ1) is 8.33. The van der Waals surface area contributed by atoms with Gasteiger partial charge in [-0.05, 0) is 12.1 Å². The molecule has 12 heavy (non-hydrogen) atoms. The number of aromatic hydroxyl groups is 1. The predicted octanol–water partition coefficient (Wildman–Crippen LogP) is 1.96. The molecule has 0 unspecified atom stereocenters. The second-order valence-corrected chi connectivity index (χ2v) is 2.13. The van der Waals surface area contributed by atoms with E-state index in [1.165, 1.54) is 0 Å². The van der Waals surface area contributed by atoms with Crippen molar-refractivity contribution in [1.29, 1.82) is 0 Å². The zero-order chi connectivity index (χ0) is 9.14. The molecular formula is C9H8O3. The van der Waals surface area contributed by atoms with E-state index in [1.54, 1.807) is 18.2 Å². The van der Waals surface area contributed by atoms with E-state index >= 15 is 0 Å². The molecule has 0 aliphatic carbocycles. The van der Waals surface area contributed by atoms with Gasteiger partial charge in [0.25, 0.3) is 0 Å². The van der Waals surface area contributed by atoms with Crippen LogP contribution in [0.25, 0.3) is 6.08 Å². The molecule has 0 atom stereocenters. The van der Waals surface area contributed by atoms with Crippen molar-refractivity contribution in [2.75, 3.05) is 0 Å². The van der Waals surface area contributed by atoms with E-state index in [0.717, 1.165) is 11.5 Å². The molecule has 0 spiro atoms. The molecule has 0 amide bonds. The van der Waals surface area contributed by atoms with Gasteiger partial charge in [-0.3, -0.25) is 0 Å². The summed E-state index contributed by atoms with van der Waals surface area (Å²) in [7, 11) is 0. The zero-order valence-electron chi connectivity index (χ0n) is 6.41. The highest BCUT2D eigenvalue weighted by atomic mass is 16.6. The summed E-state index contributed by atoms with van der Waals surface area (Å²) in [4.78, 5) is 8.00. The summed E-state index contributed by atoms with van der Waals surface area (Å²) in [5, 5.41) is 9.17. The Balaban J connectivity index is 0.000000336. The Labute approximate surface area is 69.9 Å². The maximum absolute atomic E-state index is 9.17. The lowest BCUT2D eigenvalue weighted by molar-refractivity contribution is -0.0979.